The van der Waals surface area contributed by atoms with Crippen LogP contribution in [0.25, 0.3) is 0 Å². The lowest BCUT2D eigenvalue weighted by atomic mass is 10.1. The Morgan fingerprint density at radius 3 is 2.42 bits per heavy atom. The van der Waals surface area contributed by atoms with Crippen LogP contribution in [-0.2, 0) is 6.54 Å². The maximum Gasteiger partial charge on any atom is 0.189 e. The van der Waals surface area contributed by atoms with Crippen molar-refractivity contribution in [1.82, 2.24) is 10.2 Å². The van der Waals surface area contributed by atoms with E-state index in [9.17, 15) is 0 Å². The lowest BCUT2D eigenvalue weighted by Crippen LogP contribution is -2.47. The van der Waals surface area contributed by atoms with Crippen LogP contribution < -0.4 is 16.0 Å². The van der Waals surface area contributed by atoms with Crippen molar-refractivity contribution in [2.75, 3.05) is 44.2 Å². The molecule has 1 aromatic carbocycles. The van der Waals surface area contributed by atoms with Crippen LogP contribution in [0.1, 0.15) is 25.3 Å². The van der Waals surface area contributed by atoms with E-state index in [4.69, 9.17) is 5.73 Å². The summed E-state index contributed by atoms with van der Waals surface area (Å²) in [6.45, 7) is 13.0. The van der Waals surface area contributed by atoms with Crippen molar-refractivity contribution in [1.29, 1.82) is 0 Å². The standard InChI is InChI=1S/C20H31N5.HI/c1-16(2)13-22-20(21)23-14-17-5-7-19(8-6-17)25-11-9-24(10-12-25)15-18-3-4-18;/h5-8,18H,1,3-4,9-15H2,2H3,(H3,21,22,23);1H. The first-order valence-corrected chi connectivity index (χ1v) is 9.34. The molecule has 2 aliphatic rings. The molecule has 26 heavy (non-hydrogen) atoms. The van der Waals surface area contributed by atoms with Gasteiger partial charge in [0, 0.05) is 45.0 Å². The minimum atomic E-state index is 0. The van der Waals surface area contributed by atoms with Crippen molar-refractivity contribution >= 4 is 35.6 Å². The summed E-state index contributed by atoms with van der Waals surface area (Å²) >= 11 is 0. The molecule has 0 spiro atoms. The number of nitrogens with two attached hydrogens (primary N) is 1. The Kier molecular flexibility index (Phi) is 8.21. The van der Waals surface area contributed by atoms with E-state index in [1.165, 1.54) is 43.7 Å². The lowest BCUT2D eigenvalue weighted by molar-refractivity contribution is 0.248. The smallest absolute Gasteiger partial charge is 0.189 e. The van der Waals surface area contributed by atoms with Gasteiger partial charge in [0.1, 0.15) is 0 Å². The first-order valence-electron chi connectivity index (χ1n) is 9.34. The molecule has 3 N–H and O–H groups in total. The van der Waals surface area contributed by atoms with Crippen molar-refractivity contribution < 1.29 is 0 Å². The van der Waals surface area contributed by atoms with Gasteiger partial charge in [-0.05, 0) is 43.4 Å². The van der Waals surface area contributed by atoms with Crippen LogP contribution in [0.3, 0.4) is 0 Å². The van der Waals surface area contributed by atoms with Crippen LogP contribution in [-0.4, -0.2) is 50.1 Å². The molecular formula is C20H32IN5. The maximum atomic E-state index is 5.85. The molecule has 2 fully saturated rings. The molecule has 1 aliphatic heterocycles. The zero-order valence-electron chi connectivity index (χ0n) is 15.8. The SMILES string of the molecule is C=C(C)CNC(N)=NCc1ccc(N2CCN(CC3CC3)CC2)cc1.I. The van der Waals surface area contributed by atoms with Crippen LogP contribution in [0.15, 0.2) is 41.4 Å². The van der Waals surface area contributed by atoms with Gasteiger partial charge in [-0.15, -0.1) is 24.0 Å². The number of benzene rings is 1. The maximum absolute atomic E-state index is 5.85. The van der Waals surface area contributed by atoms with Crippen LogP contribution >= 0.6 is 24.0 Å². The number of nitrogens with zero attached hydrogens (tertiary/aromatic N) is 3. The van der Waals surface area contributed by atoms with Gasteiger partial charge in [-0.3, -0.25) is 4.90 Å². The number of nitrogens with one attached hydrogen (secondary N) is 1. The van der Waals surface area contributed by atoms with Crippen molar-refractivity contribution in [2.45, 2.75) is 26.3 Å². The Hall–Kier alpha value is -1.28. The quantitative estimate of drug-likeness (QED) is 0.279. The fourth-order valence-electron chi connectivity index (χ4n) is 3.14. The molecule has 0 amide bonds. The van der Waals surface area contributed by atoms with Gasteiger partial charge < -0.3 is 16.0 Å². The highest BCUT2D eigenvalue weighted by Crippen LogP contribution is 2.30. The summed E-state index contributed by atoms with van der Waals surface area (Å²) in [5.74, 6) is 1.46. The molecule has 6 heteroatoms. The number of hydrogen-bond acceptors (Lipinski definition) is 3. The fraction of sp³-hybridized carbons (Fsp3) is 0.550. The molecular weight excluding hydrogens is 437 g/mol. The summed E-state index contributed by atoms with van der Waals surface area (Å²) in [6.07, 6.45) is 2.88. The Bertz CT molecular complexity index is 601. The lowest BCUT2D eigenvalue weighted by Gasteiger charge is -2.36. The van der Waals surface area contributed by atoms with Crippen molar-refractivity contribution in [3.8, 4) is 0 Å². The molecule has 1 aromatic rings. The number of piperazine rings is 1. The minimum absolute atomic E-state index is 0. The summed E-state index contributed by atoms with van der Waals surface area (Å²) in [5, 5.41) is 3.05. The van der Waals surface area contributed by atoms with Gasteiger partial charge in [0.25, 0.3) is 0 Å². The van der Waals surface area contributed by atoms with Crippen LogP contribution in [0.4, 0.5) is 5.69 Å². The molecule has 1 saturated heterocycles. The summed E-state index contributed by atoms with van der Waals surface area (Å²) in [6, 6.07) is 8.72. The van der Waals surface area contributed by atoms with E-state index >= 15 is 0 Å². The van der Waals surface area contributed by atoms with E-state index < -0.39 is 0 Å². The zero-order valence-corrected chi connectivity index (χ0v) is 18.1. The van der Waals surface area contributed by atoms with Gasteiger partial charge in [0.15, 0.2) is 5.96 Å². The third-order valence-corrected chi connectivity index (χ3v) is 4.89. The first-order chi connectivity index (χ1) is 12.1. The first kappa shape index (κ1) is 21.0. The summed E-state index contributed by atoms with van der Waals surface area (Å²) in [5.41, 5.74) is 9.38. The summed E-state index contributed by atoms with van der Waals surface area (Å²) in [4.78, 5) is 9.48. The van der Waals surface area contributed by atoms with Gasteiger partial charge in [-0.1, -0.05) is 24.3 Å². The molecule has 3 rings (SSSR count). The van der Waals surface area contributed by atoms with E-state index in [0.29, 0.717) is 19.0 Å². The molecule has 1 heterocycles. The highest BCUT2D eigenvalue weighted by Gasteiger charge is 2.26. The molecule has 144 valence electrons. The Labute approximate surface area is 174 Å². The Morgan fingerprint density at radius 2 is 1.85 bits per heavy atom. The van der Waals surface area contributed by atoms with Gasteiger partial charge in [-0.25, -0.2) is 4.99 Å². The number of hydrogen-bond donors (Lipinski definition) is 2. The molecule has 1 saturated carbocycles. The van der Waals surface area contributed by atoms with Gasteiger partial charge in [0.2, 0.25) is 0 Å². The zero-order chi connectivity index (χ0) is 17.6. The number of halogens is 1. The van der Waals surface area contributed by atoms with Crippen molar-refractivity contribution in [3.63, 3.8) is 0 Å². The highest BCUT2D eigenvalue weighted by atomic mass is 127. The summed E-state index contributed by atoms with van der Waals surface area (Å²) < 4.78 is 0. The van der Waals surface area contributed by atoms with E-state index in [2.05, 4.69) is 51.0 Å². The molecule has 0 atom stereocenters. The van der Waals surface area contributed by atoms with Crippen molar-refractivity contribution in [2.24, 2.45) is 16.6 Å². The largest absolute Gasteiger partial charge is 0.370 e. The number of aliphatic imine (C=N–C) groups is 1. The minimum Gasteiger partial charge on any atom is -0.370 e. The second-order valence-corrected chi connectivity index (χ2v) is 7.41. The fourth-order valence-corrected chi connectivity index (χ4v) is 3.14. The van der Waals surface area contributed by atoms with E-state index in [1.807, 2.05) is 6.92 Å². The molecule has 0 unspecified atom stereocenters. The Morgan fingerprint density at radius 1 is 1.19 bits per heavy atom. The van der Waals surface area contributed by atoms with E-state index in [0.717, 1.165) is 24.6 Å². The van der Waals surface area contributed by atoms with Crippen LogP contribution in [0, 0.1) is 5.92 Å². The number of rotatable bonds is 7. The van der Waals surface area contributed by atoms with Crippen LogP contribution in [0.2, 0.25) is 0 Å². The average molecular weight is 469 g/mol. The van der Waals surface area contributed by atoms with Gasteiger partial charge in [0.05, 0.1) is 6.54 Å². The van der Waals surface area contributed by atoms with Gasteiger partial charge >= 0.3 is 0 Å². The highest BCUT2D eigenvalue weighted by molar-refractivity contribution is 14.0. The summed E-state index contributed by atoms with van der Waals surface area (Å²) in [7, 11) is 0. The molecule has 0 bridgehead atoms. The average Bonchev–Trinajstić information content (AvgIpc) is 3.43. The van der Waals surface area contributed by atoms with E-state index in [-0.39, 0.29) is 24.0 Å². The predicted octanol–water partition coefficient (Wildman–Crippen LogP) is 2.82. The normalized spacial score (nSPS) is 18.3. The third kappa shape index (κ3) is 6.79. The predicted molar refractivity (Wildman–Crippen MR) is 121 cm³/mol. The monoisotopic (exact) mass is 469 g/mol. The number of anilines is 1. The molecule has 0 aromatic heterocycles. The molecule has 1 aliphatic carbocycles. The topological polar surface area (TPSA) is 56.9 Å². The second-order valence-electron chi connectivity index (χ2n) is 7.41. The second kappa shape index (κ2) is 10.2. The third-order valence-electron chi connectivity index (χ3n) is 4.89. The molecule has 0 radical (unpaired) electrons. The molecule has 5 nitrogen and oxygen atoms in total. The van der Waals surface area contributed by atoms with Crippen LogP contribution in [0.5, 0.6) is 0 Å². The van der Waals surface area contributed by atoms with E-state index in [1.54, 1.807) is 0 Å². The van der Waals surface area contributed by atoms with Gasteiger partial charge in [-0.2, -0.15) is 0 Å². The Balaban J connectivity index is 0.00000243. The van der Waals surface area contributed by atoms with Crippen molar-refractivity contribution in [3.05, 3.63) is 42.0 Å². The number of guanidine groups is 1.